The number of nitrogens with one attached hydrogen (secondary N) is 2. The van der Waals surface area contributed by atoms with Crippen LogP contribution in [0.15, 0.2) is 30.3 Å². The molecule has 0 bridgehead atoms. The van der Waals surface area contributed by atoms with Crippen LogP contribution < -0.4 is 16.5 Å². The Balaban J connectivity index is -0.000000365. The minimum Gasteiger partial charge on any atom is -0.412 e. The minimum absolute atomic E-state index is 0. The van der Waals surface area contributed by atoms with Gasteiger partial charge in [-0.1, -0.05) is 20.8 Å². The van der Waals surface area contributed by atoms with E-state index in [1.165, 1.54) is 0 Å². The van der Waals surface area contributed by atoms with Crippen LogP contribution in [0, 0.1) is 0 Å². The fourth-order valence-corrected chi connectivity index (χ4v) is 2.21. The molecule has 9 heteroatoms. The maximum Gasteiger partial charge on any atom is 0.161 e. The van der Waals surface area contributed by atoms with E-state index in [-0.39, 0.29) is 19.7 Å². The van der Waals surface area contributed by atoms with Gasteiger partial charge in [0.05, 0.1) is 17.0 Å². The predicted molar refractivity (Wildman–Crippen MR) is 129 cm³/mol. The van der Waals surface area contributed by atoms with Crippen LogP contribution in [0.25, 0.3) is 11.4 Å². The van der Waals surface area contributed by atoms with Gasteiger partial charge in [-0.15, -0.1) is 0 Å². The zero-order valence-corrected chi connectivity index (χ0v) is 19.1. The number of nitrogens with zero attached hydrogens (tertiary/aromatic N) is 2. The third-order valence-electron chi connectivity index (χ3n) is 3.60. The zero-order valence-electron chi connectivity index (χ0n) is 18.3. The zero-order chi connectivity index (χ0) is 21.6. The Bertz CT molecular complexity index is 678. The van der Waals surface area contributed by atoms with E-state index in [1.807, 2.05) is 56.6 Å². The van der Waals surface area contributed by atoms with E-state index in [1.54, 1.807) is 11.8 Å². The van der Waals surface area contributed by atoms with Crippen molar-refractivity contribution in [2.45, 2.75) is 39.4 Å². The van der Waals surface area contributed by atoms with Crippen LogP contribution >= 0.6 is 11.8 Å². The highest BCUT2D eigenvalue weighted by Gasteiger charge is 2.22. The molecule has 0 radical (unpaired) electrons. The van der Waals surface area contributed by atoms with E-state index >= 15 is 0 Å². The molecule has 170 valence electrons. The monoisotopic (exact) mass is 431 g/mol. The van der Waals surface area contributed by atoms with Crippen molar-refractivity contribution in [3.63, 3.8) is 0 Å². The Morgan fingerprint density at radius 2 is 1.72 bits per heavy atom. The van der Waals surface area contributed by atoms with Gasteiger partial charge in [0.25, 0.3) is 0 Å². The molecule has 1 aromatic heterocycles. The second-order valence-electron chi connectivity index (χ2n) is 5.96. The molecule has 0 aliphatic rings. The van der Waals surface area contributed by atoms with Crippen LogP contribution in [0.1, 0.15) is 43.2 Å². The lowest BCUT2D eigenvalue weighted by Crippen LogP contribution is -2.16. The van der Waals surface area contributed by atoms with Crippen LogP contribution in [0.3, 0.4) is 0 Å². The molecule has 2 aromatic rings. The number of aromatic nitrogens is 2. The molecule has 0 saturated heterocycles. The summed E-state index contributed by atoms with van der Waals surface area (Å²) in [5, 5.41) is 19.7. The van der Waals surface area contributed by atoms with Gasteiger partial charge in [-0.05, 0) is 44.4 Å². The Morgan fingerprint density at radius 1 is 1.17 bits per heavy atom. The summed E-state index contributed by atoms with van der Waals surface area (Å²) in [5.41, 5.74) is 10.2. The number of anilines is 2. The number of hydrogen-bond donors (Lipinski definition) is 5. The first-order chi connectivity index (χ1) is 13.4. The molecular weight excluding hydrogens is 390 g/mol. The molecule has 29 heavy (non-hydrogen) atoms. The molecule has 8 N–H and O–H groups in total. The highest BCUT2D eigenvalue weighted by Crippen LogP contribution is 2.34. The van der Waals surface area contributed by atoms with E-state index < -0.39 is 0 Å². The topological polar surface area (TPSA) is 148 Å². The molecule has 0 unspecified atom stereocenters. The van der Waals surface area contributed by atoms with Gasteiger partial charge in [-0.3, -0.25) is 0 Å². The van der Waals surface area contributed by atoms with Crippen molar-refractivity contribution in [3.05, 3.63) is 36.0 Å². The van der Waals surface area contributed by atoms with Gasteiger partial charge < -0.3 is 26.8 Å². The fraction of sp³-hybridized carbons (Fsp3) is 0.500. The summed E-state index contributed by atoms with van der Waals surface area (Å²) in [5.74, 6) is 1.37. The van der Waals surface area contributed by atoms with Crippen LogP contribution in [-0.4, -0.2) is 51.7 Å². The quantitative estimate of drug-likeness (QED) is 0.331. The van der Waals surface area contributed by atoms with Gasteiger partial charge >= 0.3 is 0 Å². The van der Waals surface area contributed by atoms with Crippen molar-refractivity contribution >= 4 is 23.3 Å². The molecule has 2 rings (SSSR count). The lowest BCUT2D eigenvalue weighted by atomic mass is 10.1. The van der Waals surface area contributed by atoms with Crippen LogP contribution in [0.2, 0.25) is 0 Å². The van der Waals surface area contributed by atoms with E-state index in [0.29, 0.717) is 30.4 Å². The van der Waals surface area contributed by atoms with Crippen molar-refractivity contribution in [3.8, 4) is 11.4 Å². The normalized spacial score (nSPS) is 9.93. The van der Waals surface area contributed by atoms with Gasteiger partial charge in [0, 0.05) is 33.3 Å². The van der Waals surface area contributed by atoms with Gasteiger partial charge in [0.15, 0.2) is 5.82 Å². The maximum atomic E-state index is 9.00. The van der Waals surface area contributed by atoms with Crippen molar-refractivity contribution in [2.24, 2.45) is 0 Å². The van der Waals surface area contributed by atoms with Crippen LogP contribution in [0.4, 0.5) is 11.5 Å². The second kappa shape index (κ2) is 15.9. The molecule has 0 spiro atoms. The predicted octanol–water partition coefficient (Wildman–Crippen LogP) is 3.41. The number of aliphatic hydroxyl groups is 1. The maximum absolute atomic E-state index is 9.00. The highest BCUT2D eigenvalue weighted by atomic mass is 32.2. The van der Waals surface area contributed by atoms with Crippen molar-refractivity contribution < 1.29 is 18.6 Å². The molecule has 1 heterocycles. The molecule has 1 aromatic carbocycles. The molecule has 8 nitrogen and oxygen atoms in total. The first kappa shape index (κ1) is 29.3. The Hall–Kier alpha value is -1.91. The SMILES string of the molecule is CC.CCNO.CSC(C)(C)c1cc(NCCO)nc(-c2ccc(N)cc2)n1.O.[HH].[HH]. The Labute approximate surface area is 181 Å². The lowest BCUT2D eigenvalue weighted by Gasteiger charge is -2.22. The van der Waals surface area contributed by atoms with E-state index in [2.05, 4.69) is 30.4 Å². The van der Waals surface area contributed by atoms with Gasteiger partial charge in [0.1, 0.15) is 5.82 Å². The van der Waals surface area contributed by atoms with E-state index in [9.17, 15) is 0 Å². The molecule has 0 atom stereocenters. The van der Waals surface area contributed by atoms with Crippen LogP contribution in [0.5, 0.6) is 0 Å². The molecule has 0 amide bonds. The molecule has 0 aliphatic heterocycles. The van der Waals surface area contributed by atoms with Gasteiger partial charge in [-0.2, -0.15) is 11.8 Å². The average molecular weight is 432 g/mol. The summed E-state index contributed by atoms with van der Waals surface area (Å²) >= 11 is 1.73. The Morgan fingerprint density at radius 3 is 2.17 bits per heavy atom. The number of benzene rings is 1. The highest BCUT2D eigenvalue weighted by molar-refractivity contribution is 7.99. The fourth-order valence-electron chi connectivity index (χ4n) is 1.90. The summed E-state index contributed by atoms with van der Waals surface area (Å²) in [7, 11) is 0. The van der Waals surface area contributed by atoms with Gasteiger partial charge in [0.2, 0.25) is 0 Å². The number of rotatable bonds is 7. The first-order valence-corrected chi connectivity index (χ1v) is 10.6. The van der Waals surface area contributed by atoms with Crippen LogP contribution in [-0.2, 0) is 4.75 Å². The van der Waals surface area contributed by atoms with Crippen molar-refractivity contribution in [2.75, 3.05) is 37.0 Å². The number of nitrogen functional groups attached to an aromatic ring is 1. The molecule has 0 fully saturated rings. The third kappa shape index (κ3) is 10.4. The molecule has 0 saturated carbocycles. The molecule has 0 aliphatic carbocycles. The minimum atomic E-state index is -0.124. The first-order valence-electron chi connectivity index (χ1n) is 9.40. The van der Waals surface area contributed by atoms with E-state index in [0.717, 1.165) is 11.3 Å². The second-order valence-corrected chi connectivity index (χ2v) is 7.39. The number of nitrogens with two attached hydrogens (primary N) is 1. The number of aliphatic hydroxyl groups excluding tert-OH is 1. The van der Waals surface area contributed by atoms with E-state index in [4.69, 9.17) is 21.0 Å². The van der Waals surface area contributed by atoms with Crippen molar-refractivity contribution in [1.82, 2.24) is 15.4 Å². The Kier molecular flexibility index (Phi) is 16.1. The van der Waals surface area contributed by atoms with Gasteiger partial charge in [-0.25, -0.2) is 15.4 Å². The van der Waals surface area contributed by atoms with Crippen molar-refractivity contribution in [1.29, 1.82) is 0 Å². The smallest absolute Gasteiger partial charge is 0.161 e. The number of hydroxylamine groups is 1. The summed E-state index contributed by atoms with van der Waals surface area (Å²) < 4.78 is -0.124. The summed E-state index contributed by atoms with van der Waals surface area (Å²) in [6.07, 6.45) is 2.06. The lowest BCUT2D eigenvalue weighted by molar-refractivity contribution is 0.173. The number of thioether (sulfide) groups is 1. The summed E-state index contributed by atoms with van der Waals surface area (Å²) in [4.78, 5) is 9.24. The average Bonchev–Trinajstić information content (AvgIpc) is 2.74. The summed E-state index contributed by atoms with van der Waals surface area (Å²) in [6, 6.07) is 9.44. The number of hydrogen-bond acceptors (Lipinski definition) is 8. The largest absolute Gasteiger partial charge is 0.412 e. The summed E-state index contributed by atoms with van der Waals surface area (Å²) in [6.45, 7) is 11.2. The standard InChI is InChI=1S/C16H22N4OS.C2H7NO.C2H6.H2O.2H2/c1-16(2,22-3)13-10-14(18-8-9-21)20-15(19-13)11-4-6-12(17)7-5-11;1-2-3-4;1-2;;;/h4-7,10,21H,8-9,17H2,1-3H3,(H,18,19,20);3-4H,2H2,1H3;1-2H3;1H2;2*1H. The third-order valence-corrected chi connectivity index (χ3v) is 4.83. The molecular formula is C20H41N5O3S.